The van der Waals surface area contributed by atoms with E-state index >= 15 is 0 Å². The molecule has 0 saturated heterocycles. The second-order valence-electron chi connectivity index (χ2n) is 3.93. The van der Waals surface area contributed by atoms with Gasteiger partial charge < -0.3 is 20.9 Å². The molecule has 1 atom stereocenters. The summed E-state index contributed by atoms with van der Waals surface area (Å²) >= 11 is 0. The number of aliphatic hydroxyl groups is 1. The van der Waals surface area contributed by atoms with Crippen molar-refractivity contribution in [2.45, 2.75) is 6.04 Å². The Kier molecular flexibility index (Phi) is 4.15. The molecule has 0 aliphatic carbocycles. The van der Waals surface area contributed by atoms with Crippen LogP contribution in [0, 0.1) is 0 Å². The number of benzene rings is 1. The zero-order valence-corrected chi connectivity index (χ0v) is 10.6. The lowest BCUT2D eigenvalue weighted by Gasteiger charge is -2.19. The summed E-state index contributed by atoms with van der Waals surface area (Å²) in [5.41, 5.74) is 6.66. The number of nitrogens with zero attached hydrogens (tertiary/aromatic N) is 2. The van der Waals surface area contributed by atoms with E-state index in [1.54, 1.807) is 0 Å². The van der Waals surface area contributed by atoms with Crippen molar-refractivity contribution in [2.24, 2.45) is 0 Å². The Morgan fingerprint density at radius 2 is 2.05 bits per heavy atom. The minimum atomic E-state index is -0.288. The van der Waals surface area contributed by atoms with Crippen molar-refractivity contribution in [1.29, 1.82) is 0 Å². The van der Waals surface area contributed by atoms with Gasteiger partial charge >= 0.3 is 0 Å². The average Bonchev–Trinajstić information content (AvgIpc) is 2.46. The van der Waals surface area contributed by atoms with E-state index in [-0.39, 0.29) is 18.5 Å². The highest BCUT2D eigenvalue weighted by Gasteiger charge is 2.15. The summed E-state index contributed by atoms with van der Waals surface area (Å²) < 4.78 is 5.16. The minimum Gasteiger partial charge on any atom is -0.490 e. The van der Waals surface area contributed by atoms with Crippen LogP contribution in [0.25, 0.3) is 0 Å². The Labute approximate surface area is 111 Å². The second kappa shape index (κ2) is 6.01. The first-order chi connectivity index (χ1) is 9.26. The SMILES string of the molecule is COc1c(N)ncnc1NC(CO)c1ccccc1. The Balaban J connectivity index is 2.27. The summed E-state index contributed by atoms with van der Waals surface area (Å²) in [5.74, 6) is 1.08. The maximum atomic E-state index is 9.50. The normalized spacial score (nSPS) is 11.9. The van der Waals surface area contributed by atoms with Crippen molar-refractivity contribution in [3.05, 3.63) is 42.2 Å². The van der Waals surface area contributed by atoms with E-state index < -0.39 is 0 Å². The van der Waals surface area contributed by atoms with Gasteiger partial charge in [-0.25, -0.2) is 9.97 Å². The van der Waals surface area contributed by atoms with Crippen LogP contribution in [-0.2, 0) is 0 Å². The Morgan fingerprint density at radius 3 is 2.68 bits per heavy atom. The Hall–Kier alpha value is -2.34. The molecule has 6 nitrogen and oxygen atoms in total. The third-order valence-corrected chi connectivity index (χ3v) is 2.73. The van der Waals surface area contributed by atoms with E-state index in [4.69, 9.17) is 10.5 Å². The number of ether oxygens (including phenoxy) is 1. The molecule has 0 bridgehead atoms. The number of anilines is 2. The third-order valence-electron chi connectivity index (χ3n) is 2.73. The summed E-state index contributed by atoms with van der Waals surface area (Å²) in [6.45, 7) is -0.0723. The number of rotatable bonds is 5. The molecule has 100 valence electrons. The lowest BCUT2D eigenvalue weighted by molar-refractivity contribution is 0.275. The van der Waals surface area contributed by atoms with E-state index in [1.165, 1.54) is 13.4 Å². The first kappa shape index (κ1) is 13.1. The number of hydrogen-bond donors (Lipinski definition) is 3. The van der Waals surface area contributed by atoms with Gasteiger partial charge in [0.1, 0.15) is 6.33 Å². The van der Waals surface area contributed by atoms with Crippen LogP contribution in [0.2, 0.25) is 0 Å². The molecule has 0 aliphatic heterocycles. The summed E-state index contributed by atoms with van der Waals surface area (Å²) in [6, 6.07) is 9.29. The van der Waals surface area contributed by atoms with Crippen molar-refractivity contribution in [1.82, 2.24) is 9.97 Å². The lowest BCUT2D eigenvalue weighted by Crippen LogP contribution is -2.16. The molecule has 0 spiro atoms. The van der Waals surface area contributed by atoms with Crippen LogP contribution in [0.3, 0.4) is 0 Å². The van der Waals surface area contributed by atoms with Gasteiger partial charge in [-0.1, -0.05) is 30.3 Å². The van der Waals surface area contributed by atoms with E-state index in [0.29, 0.717) is 11.6 Å². The quantitative estimate of drug-likeness (QED) is 0.748. The van der Waals surface area contributed by atoms with Crippen LogP contribution in [0.5, 0.6) is 5.75 Å². The smallest absolute Gasteiger partial charge is 0.203 e. The van der Waals surface area contributed by atoms with Gasteiger partial charge in [0.15, 0.2) is 11.6 Å². The van der Waals surface area contributed by atoms with Crippen LogP contribution >= 0.6 is 0 Å². The van der Waals surface area contributed by atoms with Gasteiger partial charge in [-0.3, -0.25) is 0 Å². The molecule has 2 rings (SSSR count). The number of hydrogen-bond acceptors (Lipinski definition) is 6. The van der Waals surface area contributed by atoms with Crippen LogP contribution in [0.4, 0.5) is 11.6 Å². The van der Waals surface area contributed by atoms with Crippen molar-refractivity contribution >= 4 is 11.6 Å². The number of aromatic nitrogens is 2. The number of aliphatic hydroxyl groups excluding tert-OH is 1. The first-order valence-electron chi connectivity index (χ1n) is 5.83. The molecule has 19 heavy (non-hydrogen) atoms. The number of methoxy groups -OCH3 is 1. The molecule has 0 saturated carbocycles. The van der Waals surface area contributed by atoms with Crippen LogP contribution in [0.15, 0.2) is 36.7 Å². The molecular weight excluding hydrogens is 244 g/mol. The average molecular weight is 260 g/mol. The minimum absolute atomic E-state index is 0.0723. The summed E-state index contributed by atoms with van der Waals surface area (Å²) in [5, 5.41) is 12.6. The molecule has 1 aromatic heterocycles. The van der Waals surface area contributed by atoms with Gasteiger partial charge in [-0.15, -0.1) is 0 Å². The number of nitrogens with one attached hydrogen (secondary N) is 1. The standard InChI is InChI=1S/C13H16N4O2/c1-19-11-12(14)15-8-16-13(11)17-10(7-18)9-5-3-2-4-6-9/h2-6,8,10,18H,7H2,1H3,(H3,14,15,16,17). The van der Waals surface area contributed by atoms with Crippen molar-refractivity contribution in [3.8, 4) is 5.75 Å². The van der Waals surface area contributed by atoms with Crippen LogP contribution in [0.1, 0.15) is 11.6 Å². The number of nitrogens with two attached hydrogens (primary N) is 1. The molecule has 1 unspecified atom stereocenters. The monoisotopic (exact) mass is 260 g/mol. The fraction of sp³-hybridized carbons (Fsp3) is 0.231. The highest BCUT2D eigenvalue weighted by molar-refractivity contribution is 5.61. The van der Waals surface area contributed by atoms with Crippen molar-refractivity contribution < 1.29 is 9.84 Å². The predicted octanol–water partition coefficient (Wildman–Crippen LogP) is 1.21. The highest BCUT2D eigenvalue weighted by Crippen LogP contribution is 2.29. The molecule has 1 heterocycles. The molecule has 2 aromatic rings. The molecule has 0 aliphatic rings. The lowest BCUT2D eigenvalue weighted by atomic mass is 10.1. The van der Waals surface area contributed by atoms with E-state index in [9.17, 15) is 5.11 Å². The van der Waals surface area contributed by atoms with Gasteiger partial charge in [0.2, 0.25) is 5.75 Å². The maximum absolute atomic E-state index is 9.50. The Bertz CT molecular complexity index is 533. The van der Waals surface area contributed by atoms with Gasteiger partial charge in [0, 0.05) is 0 Å². The molecule has 0 radical (unpaired) electrons. The van der Waals surface area contributed by atoms with Gasteiger partial charge in [0.25, 0.3) is 0 Å². The van der Waals surface area contributed by atoms with E-state index in [0.717, 1.165) is 5.56 Å². The topological polar surface area (TPSA) is 93.3 Å². The predicted molar refractivity (Wildman–Crippen MR) is 72.9 cm³/mol. The zero-order chi connectivity index (χ0) is 13.7. The van der Waals surface area contributed by atoms with Crippen LogP contribution in [-0.4, -0.2) is 28.8 Å². The van der Waals surface area contributed by atoms with Gasteiger partial charge in [-0.2, -0.15) is 0 Å². The van der Waals surface area contributed by atoms with Crippen LogP contribution < -0.4 is 15.8 Å². The Morgan fingerprint density at radius 1 is 1.32 bits per heavy atom. The highest BCUT2D eigenvalue weighted by atomic mass is 16.5. The molecule has 6 heteroatoms. The molecule has 4 N–H and O–H groups in total. The molecule has 0 amide bonds. The first-order valence-corrected chi connectivity index (χ1v) is 5.83. The molecule has 0 fully saturated rings. The zero-order valence-electron chi connectivity index (χ0n) is 10.6. The summed E-state index contributed by atoms with van der Waals surface area (Å²) in [7, 11) is 1.50. The van der Waals surface area contributed by atoms with Gasteiger partial charge in [0.05, 0.1) is 19.8 Å². The van der Waals surface area contributed by atoms with E-state index in [2.05, 4.69) is 15.3 Å². The summed E-state index contributed by atoms with van der Waals surface area (Å²) in [4.78, 5) is 7.94. The maximum Gasteiger partial charge on any atom is 0.203 e. The molecule has 1 aromatic carbocycles. The van der Waals surface area contributed by atoms with E-state index in [1.807, 2.05) is 30.3 Å². The van der Waals surface area contributed by atoms with Crippen molar-refractivity contribution in [2.75, 3.05) is 24.8 Å². The van der Waals surface area contributed by atoms with Gasteiger partial charge in [-0.05, 0) is 5.56 Å². The largest absolute Gasteiger partial charge is 0.490 e. The summed E-state index contributed by atoms with van der Waals surface area (Å²) in [6.07, 6.45) is 1.35. The molecular formula is C13H16N4O2. The fourth-order valence-electron chi connectivity index (χ4n) is 1.78. The fourth-order valence-corrected chi connectivity index (χ4v) is 1.78. The number of nitrogen functional groups attached to an aromatic ring is 1. The second-order valence-corrected chi connectivity index (χ2v) is 3.93. The van der Waals surface area contributed by atoms with Crippen molar-refractivity contribution in [3.63, 3.8) is 0 Å². The third kappa shape index (κ3) is 2.92.